The summed E-state index contributed by atoms with van der Waals surface area (Å²) >= 11 is 0. The van der Waals surface area contributed by atoms with Gasteiger partial charge in [-0.3, -0.25) is 9.59 Å². The van der Waals surface area contributed by atoms with E-state index >= 15 is 0 Å². The van der Waals surface area contributed by atoms with Crippen LogP contribution in [0.4, 0.5) is 5.69 Å². The van der Waals surface area contributed by atoms with E-state index in [0.29, 0.717) is 5.76 Å². The number of Topliss-reactive ketones (excluding diaryl/α,β-unsaturated/α-hetero) is 1. The molecule has 0 spiro atoms. The zero-order valence-electron chi connectivity index (χ0n) is 9.55. The van der Waals surface area contributed by atoms with E-state index < -0.39 is 5.92 Å². The number of hydrogen-bond donors (Lipinski definition) is 1. The fourth-order valence-corrected chi connectivity index (χ4v) is 2.20. The van der Waals surface area contributed by atoms with Gasteiger partial charge in [-0.15, -0.1) is 0 Å². The third-order valence-corrected chi connectivity index (χ3v) is 3.10. The number of furan rings is 1. The Balaban J connectivity index is 1.85. The van der Waals surface area contributed by atoms with E-state index in [9.17, 15) is 9.59 Å². The second kappa shape index (κ2) is 4.14. The maximum atomic E-state index is 11.9. The molecule has 0 aliphatic carbocycles. The molecule has 1 atom stereocenters. The second-order valence-electron chi connectivity index (χ2n) is 4.23. The van der Waals surface area contributed by atoms with Gasteiger partial charge in [0, 0.05) is 12.1 Å². The van der Waals surface area contributed by atoms with Crippen molar-refractivity contribution in [1.82, 2.24) is 0 Å². The van der Waals surface area contributed by atoms with E-state index in [1.165, 1.54) is 6.26 Å². The predicted molar refractivity (Wildman–Crippen MR) is 65.5 cm³/mol. The van der Waals surface area contributed by atoms with Crippen LogP contribution >= 0.6 is 0 Å². The van der Waals surface area contributed by atoms with E-state index in [1.807, 2.05) is 24.3 Å². The normalized spacial score (nSPS) is 17.3. The first-order valence-corrected chi connectivity index (χ1v) is 5.72. The van der Waals surface area contributed by atoms with Crippen LogP contribution in [0, 0.1) is 0 Å². The van der Waals surface area contributed by atoms with Crippen LogP contribution < -0.4 is 5.32 Å². The zero-order valence-corrected chi connectivity index (χ0v) is 9.55. The number of rotatable bonds is 3. The summed E-state index contributed by atoms with van der Waals surface area (Å²) in [5, 5.41) is 2.78. The lowest BCUT2D eigenvalue weighted by Crippen LogP contribution is -2.15. The number of ketones is 1. The smallest absolute Gasteiger partial charge is 0.232 e. The average Bonchev–Trinajstić information content (AvgIpc) is 2.98. The fourth-order valence-electron chi connectivity index (χ4n) is 2.20. The van der Waals surface area contributed by atoms with Gasteiger partial charge in [-0.1, -0.05) is 18.2 Å². The molecule has 1 aliphatic rings. The molecular formula is C14H11NO3. The van der Waals surface area contributed by atoms with E-state index in [0.717, 1.165) is 11.3 Å². The van der Waals surface area contributed by atoms with Crippen molar-refractivity contribution in [3.63, 3.8) is 0 Å². The number of hydrogen-bond acceptors (Lipinski definition) is 3. The van der Waals surface area contributed by atoms with Crippen LogP contribution in [0.5, 0.6) is 0 Å². The largest absolute Gasteiger partial charge is 0.461 e. The minimum atomic E-state index is -0.418. The number of benzene rings is 1. The summed E-state index contributed by atoms with van der Waals surface area (Å²) in [6, 6.07) is 10.7. The summed E-state index contributed by atoms with van der Waals surface area (Å²) in [6.07, 6.45) is 1.59. The fraction of sp³-hybridized carbons (Fsp3) is 0.143. The van der Waals surface area contributed by atoms with Gasteiger partial charge in [0.25, 0.3) is 0 Å². The Morgan fingerprint density at radius 2 is 2.06 bits per heavy atom. The molecule has 1 aromatic heterocycles. The molecule has 4 nitrogen and oxygen atoms in total. The first-order valence-electron chi connectivity index (χ1n) is 5.72. The molecule has 1 aliphatic heterocycles. The minimum absolute atomic E-state index is 0.129. The van der Waals surface area contributed by atoms with Crippen LogP contribution in [0.3, 0.4) is 0 Å². The van der Waals surface area contributed by atoms with Crippen molar-refractivity contribution < 1.29 is 14.0 Å². The summed E-state index contributed by atoms with van der Waals surface area (Å²) < 4.78 is 5.05. The number of carbonyl (C=O) groups is 2. The Hall–Kier alpha value is -2.36. The number of amides is 1. The first-order chi connectivity index (χ1) is 8.75. The van der Waals surface area contributed by atoms with Crippen LogP contribution in [-0.2, 0) is 4.79 Å². The lowest BCUT2D eigenvalue weighted by atomic mass is 9.94. The van der Waals surface area contributed by atoms with E-state index in [1.54, 1.807) is 12.1 Å². The molecule has 1 N–H and O–H groups in total. The van der Waals surface area contributed by atoms with E-state index in [-0.39, 0.29) is 18.1 Å². The van der Waals surface area contributed by atoms with Crippen molar-refractivity contribution in [1.29, 1.82) is 0 Å². The molecule has 2 heterocycles. The molecule has 0 saturated carbocycles. The highest BCUT2D eigenvalue weighted by Gasteiger charge is 2.32. The summed E-state index contributed by atoms with van der Waals surface area (Å²) in [5.74, 6) is -0.404. The maximum Gasteiger partial charge on any atom is 0.232 e. The van der Waals surface area contributed by atoms with Crippen molar-refractivity contribution in [3.8, 4) is 0 Å². The van der Waals surface area contributed by atoms with Crippen molar-refractivity contribution in [2.75, 3.05) is 5.32 Å². The van der Waals surface area contributed by atoms with Crippen LogP contribution in [-0.4, -0.2) is 11.7 Å². The highest BCUT2D eigenvalue weighted by Crippen LogP contribution is 2.34. The number of anilines is 1. The van der Waals surface area contributed by atoms with Gasteiger partial charge in [0.15, 0.2) is 11.5 Å². The molecule has 1 amide bonds. The van der Waals surface area contributed by atoms with Crippen molar-refractivity contribution in [2.45, 2.75) is 12.3 Å². The molecule has 0 fully saturated rings. The number of para-hydroxylation sites is 1. The van der Waals surface area contributed by atoms with Crippen molar-refractivity contribution >= 4 is 17.4 Å². The lowest BCUT2D eigenvalue weighted by molar-refractivity contribution is -0.117. The van der Waals surface area contributed by atoms with Crippen LogP contribution in [0.15, 0.2) is 47.1 Å². The molecule has 2 aromatic rings. The third kappa shape index (κ3) is 1.72. The second-order valence-corrected chi connectivity index (χ2v) is 4.23. The summed E-state index contributed by atoms with van der Waals surface area (Å²) in [5.41, 5.74) is 1.67. The molecule has 0 radical (unpaired) electrons. The Morgan fingerprint density at radius 1 is 1.22 bits per heavy atom. The van der Waals surface area contributed by atoms with Gasteiger partial charge in [-0.25, -0.2) is 0 Å². The van der Waals surface area contributed by atoms with Crippen molar-refractivity contribution in [3.05, 3.63) is 54.0 Å². The van der Waals surface area contributed by atoms with Crippen molar-refractivity contribution in [2.24, 2.45) is 0 Å². The molecule has 90 valence electrons. The van der Waals surface area contributed by atoms with Crippen LogP contribution in [0.2, 0.25) is 0 Å². The minimum Gasteiger partial charge on any atom is -0.461 e. The van der Waals surface area contributed by atoms with Crippen LogP contribution in [0.25, 0.3) is 0 Å². The van der Waals surface area contributed by atoms with Gasteiger partial charge in [0.2, 0.25) is 5.91 Å². The number of carbonyl (C=O) groups excluding carboxylic acids is 2. The Kier molecular flexibility index (Phi) is 2.48. The third-order valence-electron chi connectivity index (χ3n) is 3.10. The molecule has 0 saturated heterocycles. The number of fused-ring (bicyclic) bond motifs is 1. The summed E-state index contributed by atoms with van der Waals surface area (Å²) in [4.78, 5) is 23.8. The van der Waals surface area contributed by atoms with Gasteiger partial charge in [0.1, 0.15) is 0 Å². The Labute approximate surface area is 104 Å². The maximum absolute atomic E-state index is 11.9. The SMILES string of the molecule is O=C(C[C@H]1C(=O)Nc2ccccc21)c1ccco1. The molecule has 3 rings (SSSR count). The quantitative estimate of drug-likeness (QED) is 0.840. The molecule has 0 bridgehead atoms. The van der Waals surface area contributed by atoms with Gasteiger partial charge in [-0.05, 0) is 23.8 Å². The Bertz CT molecular complexity index is 601. The first kappa shape index (κ1) is 10.8. The highest BCUT2D eigenvalue weighted by atomic mass is 16.3. The summed E-state index contributed by atoms with van der Waals surface area (Å²) in [7, 11) is 0. The molecular weight excluding hydrogens is 230 g/mol. The Morgan fingerprint density at radius 3 is 2.83 bits per heavy atom. The van der Waals surface area contributed by atoms with E-state index in [4.69, 9.17) is 4.42 Å². The van der Waals surface area contributed by atoms with Gasteiger partial charge in [-0.2, -0.15) is 0 Å². The predicted octanol–water partition coefficient (Wildman–Crippen LogP) is 2.59. The molecule has 0 unspecified atom stereocenters. The summed E-state index contributed by atoms with van der Waals surface area (Å²) in [6.45, 7) is 0. The monoisotopic (exact) mass is 241 g/mol. The van der Waals surface area contributed by atoms with E-state index in [2.05, 4.69) is 5.32 Å². The molecule has 4 heteroatoms. The lowest BCUT2D eigenvalue weighted by Gasteiger charge is -2.06. The van der Waals surface area contributed by atoms with Crippen LogP contribution in [0.1, 0.15) is 28.5 Å². The topological polar surface area (TPSA) is 59.3 Å². The van der Waals surface area contributed by atoms with Gasteiger partial charge < -0.3 is 9.73 Å². The van der Waals surface area contributed by atoms with Gasteiger partial charge >= 0.3 is 0 Å². The standard InChI is InChI=1S/C14H11NO3/c16-12(13-6-3-7-18-13)8-10-9-4-1-2-5-11(9)15-14(10)17/h1-7,10H,8H2,(H,15,17)/t10-/m1/s1. The zero-order chi connectivity index (χ0) is 12.5. The molecule has 1 aromatic carbocycles. The number of nitrogens with one attached hydrogen (secondary N) is 1. The average molecular weight is 241 g/mol. The van der Waals surface area contributed by atoms with Gasteiger partial charge in [0.05, 0.1) is 12.2 Å². The highest BCUT2D eigenvalue weighted by molar-refractivity contribution is 6.06. The molecule has 18 heavy (non-hydrogen) atoms.